The van der Waals surface area contributed by atoms with Crippen LogP contribution in [0.3, 0.4) is 0 Å². The van der Waals surface area contributed by atoms with Crippen LogP contribution in [0.1, 0.15) is 65.2 Å². The van der Waals surface area contributed by atoms with Crippen LogP contribution < -0.4 is 5.46 Å². The van der Waals surface area contributed by atoms with Gasteiger partial charge in [-0.3, -0.25) is 4.79 Å². The van der Waals surface area contributed by atoms with Gasteiger partial charge in [-0.15, -0.1) is 0 Å². The number of ether oxygens (including phenoxy) is 1. The second-order valence-electron chi connectivity index (χ2n) is 10.6. The van der Waals surface area contributed by atoms with Crippen LogP contribution in [0.4, 0.5) is 4.79 Å². The van der Waals surface area contributed by atoms with E-state index in [1.54, 1.807) is 29.0 Å². The van der Waals surface area contributed by atoms with Crippen LogP contribution in [0.5, 0.6) is 0 Å². The van der Waals surface area contributed by atoms with Crippen molar-refractivity contribution in [2.75, 3.05) is 20.1 Å². The third kappa shape index (κ3) is 5.08. The van der Waals surface area contributed by atoms with Gasteiger partial charge in [-0.1, -0.05) is 17.7 Å². The summed E-state index contributed by atoms with van der Waals surface area (Å²) >= 11 is 6.50. The molecule has 32 heavy (non-hydrogen) atoms. The van der Waals surface area contributed by atoms with Crippen molar-refractivity contribution in [1.82, 2.24) is 9.80 Å². The molecule has 1 unspecified atom stereocenters. The first-order valence-corrected chi connectivity index (χ1v) is 11.4. The smallest absolute Gasteiger partial charge is 0.444 e. The molecule has 2 heterocycles. The van der Waals surface area contributed by atoms with Gasteiger partial charge >= 0.3 is 13.2 Å². The van der Waals surface area contributed by atoms with Gasteiger partial charge < -0.3 is 23.8 Å². The second kappa shape index (κ2) is 8.54. The van der Waals surface area contributed by atoms with Crippen molar-refractivity contribution in [3.05, 3.63) is 28.8 Å². The van der Waals surface area contributed by atoms with Crippen LogP contribution in [0.25, 0.3) is 0 Å². The zero-order valence-electron chi connectivity index (χ0n) is 20.3. The van der Waals surface area contributed by atoms with Gasteiger partial charge in [-0.2, -0.15) is 0 Å². The summed E-state index contributed by atoms with van der Waals surface area (Å²) in [5.74, 6) is -0.188. The summed E-state index contributed by atoms with van der Waals surface area (Å²) in [5.41, 5.74) is -0.290. The third-order valence-electron chi connectivity index (χ3n) is 6.43. The topological polar surface area (TPSA) is 68.3 Å². The number of carbonyl (C=O) groups is 2. The molecular weight excluding hydrogens is 431 g/mol. The third-order valence-corrected chi connectivity index (χ3v) is 6.74. The molecule has 2 amide bonds. The van der Waals surface area contributed by atoms with Crippen LogP contribution in [0.15, 0.2) is 18.2 Å². The normalized spacial score (nSPS) is 22.2. The lowest BCUT2D eigenvalue weighted by atomic mass is 9.79. The Kier molecular flexibility index (Phi) is 6.64. The molecule has 3 rings (SSSR count). The van der Waals surface area contributed by atoms with Gasteiger partial charge in [0, 0.05) is 20.1 Å². The largest absolute Gasteiger partial charge is 0.494 e. The highest BCUT2D eigenvalue weighted by Gasteiger charge is 2.51. The maximum Gasteiger partial charge on any atom is 0.494 e. The minimum atomic E-state index is -0.552. The Hall–Kier alpha value is -1.77. The van der Waals surface area contributed by atoms with E-state index in [2.05, 4.69) is 0 Å². The fraction of sp³-hybridized carbons (Fsp3) is 0.652. The monoisotopic (exact) mass is 464 g/mol. The Labute approximate surface area is 196 Å². The van der Waals surface area contributed by atoms with Gasteiger partial charge in [0.25, 0.3) is 5.91 Å². The number of likely N-dealkylation sites (N-methyl/N-ethyl adjacent to an activating group) is 1. The lowest BCUT2D eigenvalue weighted by Gasteiger charge is -2.32. The molecule has 0 bridgehead atoms. The number of hydrogen-bond acceptors (Lipinski definition) is 5. The standard InChI is InChI=1S/C23H34BClN2O5/c1-21(2,3)30-20(29)27-12-11-16(14-27)26(8)19(28)17-10-9-15(13-18(17)25)24-31-22(4,5)23(6,7)32-24/h9-10,13,16H,11-12,14H2,1-8H3. The average molecular weight is 465 g/mol. The van der Waals surface area contributed by atoms with Crippen molar-refractivity contribution in [2.45, 2.75) is 77.7 Å². The highest BCUT2D eigenvalue weighted by Crippen LogP contribution is 2.36. The van der Waals surface area contributed by atoms with E-state index in [9.17, 15) is 9.59 Å². The van der Waals surface area contributed by atoms with E-state index in [1.807, 2.05) is 54.5 Å². The molecule has 2 fully saturated rings. The van der Waals surface area contributed by atoms with Crippen molar-refractivity contribution in [3.8, 4) is 0 Å². The van der Waals surface area contributed by atoms with Crippen molar-refractivity contribution in [3.63, 3.8) is 0 Å². The van der Waals surface area contributed by atoms with Crippen LogP contribution in [0.2, 0.25) is 5.02 Å². The molecule has 0 spiro atoms. The fourth-order valence-corrected chi connectivity index (χ4v) is 4.01. The lowest BCUT2D eigenvalue weighted by molar-refractivity contribution is 0.00578. The predicted molar refractivity (Wildman–Crippen MR) is 125 cm³/mol. The van der Waals surface area contributed by atoms with Crippen molar-refractivity contribution in [1.29, 1.82) is 0 Å². The number of rotatable bonds is 3. The minimum absolute atomic E-state index is 0.103. The molecule has 1 aromatic rings. The number of likely N-dealkylation sites (tertiary alicyclic amines) is 1. The Morgan fingerprint density at radius 2 is 1.78 bits per heavy atom. The van der Waals surface area contributed by atoms with Gasteiger partial charge in [-0.05, 0) is 72.5 Å². The number of carbonyl (C=O) groups excluding carboxylic acids is 2. The molecule has 2 aliphatic rings. The van der Waals surface area contributed by atoms with Crippen LogP contribution >= 0.6 is 11.6 Å². The molecule has 0 aromatic heterocycles. The molecule has 0 N–H and O–H groups in total. The predicted octanol–water partition coefficient (Wildman–Crippen LogP) is 3.72. The summed E-state index contributed by atoms with van der Waals surface area (Å²) in [7, 11) is 1.20. The second-order valence-corrected chi connectivity index (χ2v) is 11.0. The SMILES string of the molecule is CN(C(=O)c1ccc(B2OC(C)(C)C(C)(C)O2)cc1Cl)C1CCN(C(=O)OC(C)(C)C)C1. The Bertz CT molecular complexity index is 883. The van der Waals surface area contributed by atoms with Crippen LogP contribution in [-0.2, 0) is 14.0 Å². The molecule has 7 nitrogen and oxygen atoms in total. The van der Waals surface area contributed by atoms with Crippen molar-refractivity contribution in [2.24, 2.45) is 0 Å². The molecule has 0 radical (unpaired) electrons. The summed E-state index contributed by atoms with van der Waals surface area (Å²) in [6, 6.07) is 5.15. The molecule has 176 valence electrons. The molecule has 9 heteroatoms. The summed E-state index contributed by atoms with van der Waals surface area (Å²) in [5, 5.41) is 0.344. The Morgan fingerprint density at radius 1 is 1.19 bits per heavy atom. The number of halogens is 1. The van der Waals surface area contributed by atoms with E-state index in [1.165, 1.54) is 0 Å². The summed E-state index contributed by atoms with van der Waals surface area (Å²) in [4.78, 5) is 28.8. The van der Waals surface area contributed by atoms with Gasteiger partial charge in [0.1, 0.15) is 5.60 Å². The fourth-order valence-electron chi connectivity index (χ4n) is 3.74. The number of nitrogens with zero attached hydrogens (tertiary/aromatic N) is 2. The van der Waals surface area contributed by atoms with Crippen LogP contribution in [-0.4, -0.2) is 71.9 Å². The van der Waals surface area contributed by atoms with E-state index in [4.69, 9.17) is 25.6 Å². The maximum absolute atomic E-state index is 13.1. The molecule has 0 aliphatic carbocycles. The molecule has 1 aromatic carbocycles. The molecule has 2 aliphatic heterocycles. The quantitative estimate of drug-likeness (QED) is 0.638. The highest BCUT2D eigenvalue weighted by molar-refractivity contribution is 6.62. The first-order chi connectivity index (χ1) is 14.6. The summed E-state index contributed by atoms with van der Waals surface area (Å²) in [6.07, 6.45) is 0.330. The highest BCUT2D eigenvalue weighted by atomic mass is 35.5. The molecule has 0 saturated carbocycles. The first kappa shape index (κ1) is 24.9. The maximum atomic E-state index is 13.1. The van der Waals surface area contributed by atoms with E-state index in [0.717, 1.165) is 5.46 Å². The Morgan fingerprint density at radius 3 is 2.31 bits per heavy atom. The Balaban J connectivity index is 1.67. The van der Waals surface area contributed by atoms with Gasteiger partial charge in [0.15, 0.2) is 0 Å². The van der Waals surface area contributed by atoms with E-state index in [0.29, 0.717) is 30.1 Å². The lowest BCUT2D eigenvalue weighted by Crippen LogP contribution is -2.41. The van der Waals surface area contributed by atoms with Crippen molar-refractivity contribution >= 4 is 36.2 Å². The van der Waals surface area contributed by atoms with E-state index >= 15 is 0 Å². The van der Waals surface area contributed by atoms with Gasteiger partial charge in [-0.25, -0.2) is 4.79 Å². The molecule has 1 atom stereocenters. The van der Waals surface area contributed by atoms with Crippen molar-refractivity contribution < 1.29 is 23.6 Å². The number of benzene rings is 1. The molecular formula is C23H34BClN2O5. The van der Waals surface area contributed by atoms with Crippen LogP contribution in [0, 0.1) is 0 Å². The average Bonchev–Trinajstić information content (AvgIpc) is 3.22. The van der Waals surface area contributed by atoms with Gasteiger partial charge in [0.2, 0.25) is 0 Å². The summed E-state index contributed by atoms with van der Waals surface area (Å²) < 4.78 is 17.6. The zero-order valence-corrected chi connectivity index (χ0v) is 21.1. The van der Waals surface area contributed by atoms with E-state index < -0.39 is 23.9 Å². The number of amides is 2. The van der Waals surface area contributed by atoms with E-state index in [-0.39, 0.29) is 18.0 Å². The number of hydrogen-bond donors (Lipinski definition) is 0. The first-order valence-electron chi connectivity index (χ1n) is 11.0. The molecule has 2 saturated heterocycles. The van der Waals surface area contributed by atoms with Gasteiger partial charge in [0.05, 0.1) is 27.8 Å². The minimum Gasteiger partial charge on any atom is -0.444 e. The summed E-state index contributed by atoms with van der Waals surface area (Å²) in [6.45, 7) is 14.4. The zero-order chi connectivity index (χ0) is 24.1.